The van der Waals surface area contributed by atoms with Gasteiger partial charge in [0.25, 0.3) is 0 Å². The van der Waals surface area contributed by atoms with Gasteiger partial charge in [0.1, 0.15) is 12.0 Å². The minimum atomic E-state index is -1.14. The molecule has 0 atom stereocenters. The van der Waals surface area contributed by atoms with Crippen molar-refractivity contribution in [1.29, 1.82) is 0 Å². The van der Waals surface area contributed by atoms with Gasteiger partial charge in [-0.05, 0) is 0 Å². The van der Waals surface area contributed by atoms with E-state index < -0.39 is 8.07 Å². The summed E-state index contributed by atoms with van der Waals surface area (Å²) in [4.78, 5) is 4.53. The third-order valence-corrected chi connectivity index (χ3v) is 3.67. The molecule has 2 nitrogen and oxygen atoms in total. The summed E-state index contributed by atoms with van der Waals surface area (Å²) in [5.41, 5.74) is 2.06. The van der Waals surface area contributed by atoms with Crippen molar-refractivity contribution in [3.63, 3.8) is 0 Å². The second kappa shape index (κ2) is 4.26. The van der Waals surface area contributed by atoms with E-state index in [4.69, 9.17) is 4.42 Å². The first kappa shape index (κ1) is 11.1. The Kier molecular flexibility index (Phi) is 2.96. The fourth-order valence-corrected chi connectivity index (χ4v) is 2.66. The summed E-state index contributed by atoms with van der Waals surface area (Å²) in [5.74, 6) is 0.873. The zero-order chi connectivity index (χ0) is 11.6. The van der Waals surface area contributed by atoms with Crippen LogP contribution in [0.3, 0.4) is 0 Å². The summed E-state index contributed by atoms with van der Waals surface area (Å²) in [5, 5.41) is 0. The predicted octanol–water partition coefficient (Wildman–Crippen LogP) is 3.76. The van der Waals surface area contributed by atoms with E-state index in [1.807, 2.05) is 18.2 Å². The van der Waals surface area contributed by atoms with E-state index in [2.05, 4.69) is 36.8 Å². The van der Waals surface area contributed by atoms with Crippen LogP contribution in [0.2, 0.25) is 19.6 Å². The summed E-state index contributed by atoms with van der Waals surface area (Å²) in [6.45, 7) is 6.96. The number of rotatable bonds is 3. The van der Waals surface area contributed by atoms with Crippen LogP contribution in [0, 0.1) is 0 Å². The van der Waals surface area contributed by atoms with Gasteiger partial charge in [-0.25, -0.2) is 4.98 Å². The Morgan fingerprint density at radius 2 is 1.81 bits per heavy atom. The zero-order valence-corrected chi connectivity index (χ0v) is 11.0. The van der Waals surface area contributed by atoms with Crippen LogP contribution in [0.1, 0.15) is 5.89 Å². The normalized spacial score (nSPS) is 11.7. The maximum absolute atomic E-state index is 5.52. The molecule has 0 amide bonds. The number of benzene rings is 1. The van der Waals surface area contributed by atoms with E-state index in [1.165, 1.54) is 0 Å². The highest BCUT2D eigenvalue weighted by Gasteiger charge is 2.17. The van der Waals surface area contributed by atoms with E-state index in [0.29, 0.717) is 0 Å². The molecule has 1 heterocycles. The molecule has 0 N–H and O–H groups in total. The van der Waals surface area contributed by atoms with Crippen LogP contribution in [-0.2, 0) is 6.04 Å². The van der Waals surface area contributed by atoms with E-state index in [1.54, 1.807) is 6.26 Å². The standard InChI is InChI=1S/C13H17NOSi/c1-16(2,3)10-13-14-12(9-15-13)11-7-5-4-6-8-11/h4-9H,10H2,1-3H3. The molecule has 2 rings (SSSR count). The highest BCUT2D eigenvalue weighted by atomic mass is 28.3. The second-order valence-electron chi connectivity index (χ2n) is 5.23. The van der Waals surface area contributed by atoms with Crippen molar-refractivity contribution in [3.05, 3.63) is 42.5 Å². The molecule has 0 fully saturated rings. The molecule has 0 unspecified atom stereocenters. The highest BCUT2D eigenvalue weighted by molar-refractivity contribution is 6.75. The van der Waals surface area contributed by atoms with E-state index in [9.17, 15) is 0 Å². The van der Waals surface area contributed by atoms with Gasteiger partial charge >= 0.3 is 0 Å². The second-order valence-corrected chi connectivity index (χ2v) is 10.7. The van der Waals surface area contributed by atoms with Crippen LogP contribution in [-0.4, -0.2) is 13.1 Å². The van der Waals surface area contributed by atoms with Gasteiger partial charge in [-0.3, -0.25) is 0 Å². The molecule has 84 valence electrons. The average molecular weight is 231 g/mol. The highest BCUT2D eigenvalue weighted by Crippen LogP contribution is 2.19. The predicted molar refractivity (Wildman–Crippen MR) is 69.0 cm³/mol. The van der Waals surface area contributed by atoms with E-state index in [-0.39, 0.29) is 0 Å². The molecule has 0 aliphatic carbocycles. The molecule has 0 saturated heterocycles. The third kappa shape index (κ3) is 2.82. The fourth-order valence-electron chi connectivity index (χ4n) is 1.59. The minimum absolute atomic E-state index is 0.873. The molecule has 1 aromatic heterocycles. The zero-order valence-electron chi connectivity index (χ0n) is 10.0. The fraction of sp³-hybridized carbons (Fsp3) is 0.308. The molecule has 0 aliphatic heterocycles. The van der Waals surface area contributed by atoms with Crippen molar-refractivity contribution in [2.75, 3.05) is 0 Å². The summed E-state index contributed by atoms with van der Waals surface area (Å²) in [7, 11) is -1.14. The van der Waals surface area contributed by atoms with Crippen LogP contribution >= 0.6 is 0 Å². The Labute approximate surface area is 97.3 Å². The molecule has 0 spiro atoms. The van der Waals surface area contributed by atoms with Gasteiger partial charge < -0.3 is 4.42 Å². The monoisotopic (exact) mass is 231 g/mol. The lowest BCUT2D eigenvalue weighted by molar-refractivity contribution is 0.513. The van der Waals surface area contributed by atoms with Crippen LogP contribution in [0.15, 0.2) is 41.0 Å². The van der Waals surface area contributed by atoms with Gasteiger partial charge in [-0.2, -0.15) is 0 Å². The minimum Gasteiger partial charge on any atom is -0.449 e. The van der Waals surface area contributed by atoms with Crippen LogP contribution in [0.25, 0.3) is 11.3 Å². The molecular formula is C13H17NOSi. The Hall–Kier alpha value is -1.35. The molecular weight excluding hydrogens is 214 g/mol. The number of aromatic nitrogens is 1. The molecule has 0 saturated carbocycles. The largest absolute Gasteiger partial charge is 0.449 e. The Balaban J connectivity index is 2.21. The molecule has 3 heteroatoms. The van der Waals surface area contributed by atoms with Crippen molar-refractivity contribution in [2.24, 2.45) is 0 Å². The van der Waals surface area contributed by atoms with E-state index >= 15 is 0 Å². The Morgan fingerprint density at radius 3 is 2.44 bits per heavy atom. The molecule has 1 aromatic carbocycles. The van der Waals surface area contributed by atoms with Gasteiger partial charge in [0, 0.05) is 11.6 Å². The van der Waals surface area contributed by atoms with E-state index in [0.717, 1.165) is 23.2 Å². The van der Waals surface area contributed by atoms with Crippen molar-refractivity contribution in [1.82, 2.24) is 4.98 Å². The van der Waals surface area contributed by atoms with Crippen molar-refractivity contribution in [2.45, 2.75) is 25.7 Å². The number of hydrogen-bond donors (Lipinski definition) is 0. The molecule has 16 heavy (non-hydrogen) atoms. The molecule has 2 aromatic rings. The van der Waals surface area contributed by atoms with Gasteiger partial charge in [0.05, 0.1) is 8.07 Å². The van der Waals surface area contributed by atoms with Gasteiger partial charge in [-0.15, -0.1) is 0 Å². The SMILES string of the molecule is C[Si](C)(C)Cc1nc(-c2ccccc2)co1. The molecule has 0 radical (unpaired) electrons. The number of oxazole rings is 1. The average Bonchev–Trinajstić information content (AvgIpc) is 2.65. The van der Waals surface area contributed by atoms with Crippen LogP contribution in [0.5, 0.6) is 0 Å². The summed E-state index contributed by atoms with van der Waals surface area (Å²) in [6.07, 6.45) is 1.75. The summed E-state index contributed by atoms with van der Waals surface area (Å²) < 4.78 is 5.52. The molecule has 0 bridgehead atoms. The number of hydrogen-bond acceptors (Lipinski definition) is 2. The molecule has 0 aliphatic rings. The Morgan fingerprint density at radius 1 is 1.12 bits per heavy atom. The Bertz CT molecular complexity index is 456. The first-order valence-corrected chi connectivity index (χ1v) is 9.25. The van der Waals surface area contributed by atoms with Gasteiger partial charge in [0.2, 0.25) is 0 Å². The maximum Gasteiger partial charge on any atom is 0.191 e. The maximum atomic E-state index is 5.52. The van der Waals surface area contributed by atoms with Gasteiger partial charge in [-0.1, -0.05) is 50.0 Å². The smallest absolute Gasteiger partial charge is 0.191 e. The lowest BCUT2D eigenvalue weighted by atomic mass is 10.2. The topological polar surface area (TPSA) is 26.0 Å². The quantitative estimate of drug-likeness (QED) is 0.752. The van der Waals surface area contributed by atoms with Crippen molar-refractivity contribution >= 4 is 8.07 Å². The van der Waals surface area contributed by atoms with Crippen LogP contribution < -0.4 is 0 Å². The van der Waals surface area contributed by atoms with Crippen molar-refractivity contribution < 1.29 is 4.42 Å². The first-order valence-electron chi connectivity index (χ1n) is 5.54. The van der Waals surface area contributed by atoms with Crippen molar-refractivity contribution in [3.8, 4) is 11.3 Å². The summed E-state index contributed by atoms with van der Waals surface area (Å²) >= 11 is 0. The first-order chi connectivity index (χ1) is 7.54. The third-order valence-electron chi connectivity index (χ3n) is 2.30. The van der Waals surface area contributed by atoms with Crippen LogP contribution in [0.4, 0.5) is 0 Å². The lowest BCUT2D eigenvalue weighted by Gasteiger charge is -2.11. The lowest BCUT2D eigenvalue weighted by Crippen LogP contribution is -2.23. The number of nitrogens with zero attached hydrogens (tertiary/aromatic N) is 1. The summed E-state index contributed by atoms with van der Waals surface area (Å²) in [6, 6.07) is 11.1. The van der Waals surface area contributed by atoms with Gasteiger partial charge in [0.15, 0.2) is 5.89 Å².